The van der Waals surface area contributed by atoms with E-state index in [4.69, 9.17) is 4.98 Å². The van der Waals surface area contributed by atoms with Crippen molar-refractivity contribution in [3.8, 4) is 11.3 Å². The molecular formula is C16H19N3OS. The van der Waals surface area contributed by atoms with E-state index in [2.05, 4.69) is 51.0 Å². The van der Waals surface area contributed by atoms with Gasteiger partial charge in [0.2, 0.25) is 4.96 Å². The van der Waals surface area contributed by atoms with Gasteiger partial charge in [0, 0.05) is 11.5 Å². The molecule has 2 heterocycles. The standard InChI is InChI=1S/C16H19N3OS/c1-9(2)15-18-19-13(8-20)14(17-16(19)21-15)12-6-5-10(3)7-11(12)4/h5-7,9,20H,8H2,1-4H3. The smallest absolute Gasteiger partial charge is 0.213 e. The zero-order valence-corrected chi connectivity index (χ0v) is 13.5. The highest BCUT2D eigenvalue weighted by atomic mass is 32.1. The van der Waals surface area contributed by atoms with Gasteiger partial charge in [-0.2, -0.15) is 5.10 Å². The Balaban J connectivity index is 2.21. The largest absolute Gasteiger partial charge is 0.390 e. The molecule has 0 radical (unpaired) electrons. The van der Waals surface area contributed by atoms with Crippen LogP contribution in [0.25, 0.3) is 16.2 Å². The molecule has 1 aromatic carbocycles. The van der Waals surface area contributed by atoms with Gasteiger partial charge in [-0.15, -0.1) is 0 Å². The lowest BCUT2D eigenvalue weighted by Gasteiger charge is -2.06. The Morgan fingerprint density at radius 2 is 2.05 bits per heavy atom. The third-order valence-corrected chi connectivity index (χ3v) is 4.80. The molecule has 0 amide bonds. The molecule has 0 saturated heterocycles. The Hall–Kier alpha value is -1.72. The van der Waals surface area contributed by atoms with E-state index in [-0.39, 0.29) is 6.61 Å². The number of aliphatic hydroxyl groups excluding tert-OH is 1. The van der Waals surface area contributed by atoms with E-state index >= 15 is 0 Å². The number of rotatable bonds is 3. The van der Waals surface area contributed by atoms with Crippen molar-refractivity contribution in [2.45, 2.75) is 40.2 Å². The van der Waals surface area contributed by atoms with Gasteiger partial charge in [0.1, 0.15) is 5.01 Å². The quantitative estimate of drug-likeness (QED) is 0.802. The number of hydrogen-bond acceptors (Lipinski definition) is 4. The van der Waals surface area contributed by atoms with Gasteiger partial charge >= 0.3 is 0 Å². The van der Waals surface area contributed by atoms with E-state index in [0.717, 1.165) is 26.9 Å². The number of fused-ring (bicyclic) bond motifs is 1. The van der Waals surface area contributed by atoms with Gasteiger partial charge in [0.15, 0.2) is 0 Å². The van der Waals surface area contributed by atoms with Crippen molar-refractivity contribution in [2.75, 3.05) is 0 Å². The fourth-order valence-corrected chi connectivity index (χ4v) is 3.39. The van der Waals surface area contributed by atoms with Crippen LogP contribution in [-0.4, -0.2) is 19.7 Å². The Labute approximate surface area is 128 Å². The third kappa shape index (κ3) is 2.36. The lowest BCUT2D eigenvalue weighted by molar-refractivity contribution is 0.275. The average molecular weight is 301 g/mol. The van der Waals surface area contributed by atoms with E-state index < -0.39 is 0 Å². The molecule has 110 valence electrons. The molecule has 0 saturated carbocycles. The van der Waals surface area contributed by atoms with E-state index in [1.165, 1.54) is 11.1 Å². The highest BCUT2D eigenvalue weighted by molar-refractivity contribution is 7.16. The molecule has 1 N–H and O–H groups in total. The van der Waals surface area contributed by atoms with Crippen molar-refractivity contribution in [3.05, 3.63) is 40.0 Å². The number of hydrogen-bond donors (Lipinski definition) is 1. The van der Waals surface area contributed by atoms with Gasteiger partial charge in [-0.1, -0.05) is 48.9 Å². The fourth-order valence-electron chi connectivity index (χ4n) is 2.48. The maximum Gasteiger partial charge on any atom is 0.213 e. The van der Waals surface area contributed by atoms with Gasteiger partial charge < -0.3 is 5.11 Å². The average Bonchev–Trinajstić information content (AvgIpc) is 2.95. The summed E-state index contributed by atoms with van der Waals surface area (Å²) in [5.74, 6) is 0.368. The monoisotopic (exact) mass is 301 g/mol. The Bertz CT molecular complexity index is 801. The second-order valence-electron chi connectivity index (χ2n) is 5.67. The van der Waals surface area contributed by atoms with Gasteiger partial charge in [-0.3, -0.25) is 0 Å². The molecule has 3 rings (SSSR count). The van der Waals surface area contributed by atoms with Crippen LogP contribution < -0.4 is 0 Å². The van der Waals surface area contributed by atoms with E-state index in [9.17, 15) is 5.11 Å². The van der Waals surface area contributed by atoms with Crippen LogP contribution in [0, 0.1) is 13.8 Å². The van der Waals surface area contributed by atoms with Gasteiger partial charge in [0.25, 0.3) is 0 Å². The first-order valence-corrected chi connectivity index (χ1v) is 7.89. The van der Waals surface area contributed by atoms with Crippen LogP contribution >= 0.6 is 11.3 Å². The lowest BCUT2D eigenvalue weighted by atomic mass is 10.0. The van der Waals surface area contributed by atoms with Crippen LogP contribution in [-0.2, 0) is 6.61 Å². The highest BCUT2D eigenvalue weighted by Crippen LogP contribution is 2.31. The first kappa shape index (κ1) is 14.2. The molecule has 0 aliphatic carbocycles. The summed E-state index contributed by atoms with van der Waals surface area (Å²) in [5, 5.41) is 15.4. The zero-order valence-electron chi connectivity index (χ0n) is 12.7. The Kier molecular flexibility index (Phi) is 3.55. The molecule has 3 aromatic rings. The van der Waals surface area contributed by atoms with Crippen molar-refractivity contribution in [1.82, 2.24) is 14.6 Å². The predicted octanol–water partition coefficient (Wildman–Crippen LogP) is 3.69. The summed E-state index contributed by atoms with van der Waals surface area (Å²) in [7, 11) is 0. The van der Waals surface area contributed by atoms with Crippen LogP contribution in [0.3, 0.4) is 0 Å². The number of imidazole rings is 1. The minimum Gasteiger partial charge on any atom is -0.390 e. The molecule has 0 atom stereocenters. The Morgan fingerprint density at radius 1 is 1.29 bits per heavy atom. The van der Waals surface area contributed by atoms with E-state index in [1.54, 1.807) is 15.9 Å². The van der Waals surface area contributed by atoms with Gasteiger partial charge in [0.05, 0.1) is 18.0 Å². The minimum atomic E-state index is -0.0644. The molecule has 0 aliphatic heterocycles. The van der Waals surface area contributed by atoms with Crippen LogP contribution in [0.1, 0.15) is 41.6 Å². The van der Waals surface area contributed by atoms with Crippen molar-refractivity contribution in [2.24, 2.45) is 0 Å². The molecule has 0 bridgehead atoms. The number of nitrogens with zero attached hydrogens (tertiary/aromatic N) is 3. The van der Waals surface area contributed by atoms with Crippen LogP contribution in [0.5, 0.6) is 0 Å². The van der Waals surface area contributed by atoms with Crippen LogP contribution in [0.2, 0.25) is 0 Å². The molecule has 4 nitrogen and oxygen atoms in total. The van der Waals surface area contributed by atoms with E-state index in [1.807, 2.05) is 0 Å². The number of aryl methyl sites for hydroxylation is 2. The highest BCUT2D eigenvalue weighted by Gasteiger charge is 2.19. The summed E-state index contributed by atoms with van der Waals surface area (Å²) in [6, 6.07) is 6.28. The van der Waals surface area contributed by atoms with Crippen molar-refractivity contribution >= 4 is 16.3 Å². The summed E-state index contributed by atoms with van der Waals surface area (Å²) < 4.78 is 1.79. The minimum absolute atomic E-state index is 0.0644. The molecule has 0 unspecified atom stereocenters. The molecule has 21 heavy (non-hydrogen) atoms. The molecular weight excluding hydrogens is 282 g/mol. The van der Waals surface area contributed by atoms with Crippen LogP contribution in [0.15, 0.2) is 18.2 Å². The summed E-state index contributed by atoms with van der Waals surface area (Å²) >= 11 is 1.59. The molecule has 0 fully saturated rings. The second kappa shape index (κ2) is 5.24. The second-order valence-corrected chi connectivity index (χ2v) is 6.66. The predicted molar refractivity (Wildman–Crippen MR) is 85.8 cm³/mol. The van der Waals surface area contributed by atoms with Crippen molar-refractivity contribution in [1.29, 1.82) is 0 Å². The van der Waals surface area contributed by atoms with Gasteiger partial charge in [-0.05, 0) is 19.4 Å². The Morgan fingerprint density at radius 3 is 2.67 bits per heavy atom. The summed E-state index contributed by atoms with van der Waals surface area (Å²) in [5.41, 5.74) is 5.06. The maximum atomic E-state index is 9.76. The maximum absolute atomic E-state index is 9.76. The van der Waals surface area contributed by atoms with Crippen molar-refractivity contribution in [3.63, 3.8) is 0 Å². The number of benzene rings is 1. The molecule has 0 spiro atoms. The first-order chi connectivity index (χ1) is 10.0. The van der Waals surface area contributed by atoms with Crippen LogP contribution in [0.4, 0.5) is 0 Å². The zero-order chi connectivity index (χ0) is 15.1. The van der Waals surface area contributed by atoms with E-state index in [0.29, 0.717) is 5.92 Å². The SMILES string of the molecule is Cc1ccc(-c2nc3sc(C(C)C)nn3c2CO)c(C)c1. The topological polar surface area (TPSA) is 50.4 Å². The van der Waals surface area contributed by atoms with Crippen molar-refractivity contribution < 1.29 is 5.11 Å². The normalized spacial score (nSPS) is 11.7. The summed E-state index contributed by atoms with van der Waals surface area (Å²) in [6.07, 6.45) is 0. The molecule has 0 aliphatic rings. The number of aliphatic hydroxyl groups is 1. The summed E-state index contributed by atoms with van der Waals surface area (Å²) in [6.45, 7) is 8.31. The molecule has 5 heteroatoms. The van der Waals surface area contributed by atoms with Gasteiger partial charge in [-0.25, -0.2) is 9.50 Å². The summed E-state index contributed by atoms with van der Waals surface area (Å²) in [4.78, 5) is 5.55. The lowest BCUT2D eigenvalue weighted by Crippen LogP contribution is -1.98. The number of aromatic nitrogens is 3. The molecule has 2 aromatic heterocycles. The first-order valence-electron chi connectivity index (χ1n) is 7.08. The fraction of sp³-hybridized carbons (Fsp3) is 0.375. The third-order valence-electron chi connectivity index (χ3n) is 3.59.